The molecule has 3 rings (SSSR count). The molecule has 0 bridgehead atoms. The van der Waals surface area contributed by atoms with Crippen molar-refractivity contribution in [1.82, 2.24) is 0 Å². The second kappa shape index (κ2) is 8.09. The topological polar surface area (TPSA) is 44.8 Å². The molecule has 26 heavy (non-hydrogen) atoms. The van der Waals surface area contributed by atoms with E-state index < -0.39 is 0 Å². The third-order valence-electron chi connectivity index (χ3n) is 4.80. The highest BCUT2D eigenvalue weighted by molar-refractivity contribution is 6.04. The lowest BCUT2D eigenvalue weighted by molar-refractivity contribution is -0.117. The SMILES string of the molecule is COc1cc(/C=C2\CCC[C@H](c3ccccc3)C2=O)cc(OC)c1OC. The fourth-order valence-corrected chi connectivity index (χ4v) is 3.51. The molecule has 0 amide bonds. The summed E-state index contributed by atoms with van der Waals surface area (Å²) in [6.45, 7) is 0. The molecule has 0 aliphatic heterocycles. The normalized spacial score (nSPS) is 18.7. The van der Waals surface area contributed by atoms with Crippen LogP contribution in [0.4, 0.5) is 0 Å². The third-order valence-corrected chi connectivity index (χ3v) is 4.80. The number of Topliss-reactive ketones (excluding diaryl/α,β-unsaturated/α-hetero) is 1. The number of hydrogen-bond donors (Lipinski definition) is 0. The Morgan fingerprint density at radius 3 is 2.19 bits per heavy atom. The number of methoxy groups -OCH3 is 3. The van der Waals surface area contributed by atoms with Crippen molar-refractivity contribution in [3.8, 4) is 17.2 Å². The Morgan fingerprint density at radius 2 is 1.62 bits per heavy atom. The molecule has 136 valence electrons. The van der Waals surface area contributed by atoms with E-state index in [0.29, 0.717) is 17.2 Å². The van der Waals surface area contributed by atoms with Gasteiger partial charge in [0.05, 0.1) is 21.3 Å². The molecule has 4 nitrogen and oxygen atoms in total. The van der Waals surface area contributed by atoms with Crippen LogP contribution in [-0.4, -0.2) is 27.1 Å². The minimum absolute atomic E-state index is 0.0572. The van der Waals surface area contributed by atoms with Gasteiger partial charge in [-0.15, -0.1) is 0 Å². The van der Waals surface area contributed by atoms with Gasteiger partial charge in [0, 0.05) is 5.92 Å². The summed E-state index contributed by atoms with van der Waals surface area (Å²) in [5.74, 6) is 1.87. The second-order valence-electron chi connectivity index (χ2n) is 6.35. The van der Waals surface area contributed by atoms with E-state index in [-0.39, 0.29) is 11.7 Å². The van der Waals surface area contributed by atoms with E-state index in [0.717, 1.165) is 36.0 Å². The van der Waals surface area contributed by atoms with Gasteiger partial charge >= 0.3 is 0 Å². The highest BCUT2D eigenvalue weighted by atomic mass is 16.5. The van der Waals surface area contributed by atoms with Gasteiger partial charge in [-0.2, -0.15) is 0 Å². The number of hydrogen-bond acceptors (Lipinski definition) is 4. The lowest BCUT2D eigenvalue weighted by Gasteiger charge is -2.23. The molecular weight excluding hydrogens is 328 g/mol. The largest absolute Gasteiger partial charge is 0.493 e. The van der Waals surface area contributed by atoms with Crippen LogP contribution in [-0.2, 0) is 4.79 Å². The average molecular weight is 352 g/mol. The van der Waals surface area contributed by atoms with Crippen molar-refractivity contribution in [2.24, 2.45) is 0 Å². The molecule has 0 spiro atoms. The second-order valence-corrected chi connectivity index (χ2v) is 6.35. The third kappa shape index (κ3) is 3.59. The van der Waals surface area contributed by atoms with Crippen LogP contribution in [0.2, 0.25) is 0 Å². The van der Waals surface area contributed by atoms with Crippen LogP contribution in [0.1, 0.15) is 36.3 Å². The zero-order valence-corrected chi connectivity index (χ0v) is 15.5. The van der Waals surface area contributed by atoms with E-state index in [4.69, 9.17) is 14.2 Å². The van der Waals surface area contributed by atoms with E-state index in [1.807, 2.05) is 48.5 Å². The number of carbonyl (C=O) groups excluding carboxylic acids is 1. The predicted octanol–water partition coefficient (Wildman–Crippen LogP) is 4.63. The van der Waals surface area contributed by atoms with Gasteiger partial charge in [-0.1, -0.05) is 30.3 Å². The quantitative estimate of drug-likeness (QED) is 0.736. The van der Waals surface area contributed by atoms with Gasteiger partial charge in [-0.25, -0.2) is 0 Å². The van der Waals surface area contributed by atoms with Gasteiger partial charge in [0.25, 0.3) is 0 Å². The minimum Gasteiger partial charge on any atom is -0.493 e. The van der Waals surface area contributed by atoms with Crippen LogP contribution in [0.5, 0.6) is 17.2 Å². The number of benzene rings is 2. The Bertz CT molecular complexity index is 783. The van der Waals surface area contributed by atoms with Gasteiger partial charge in [0.15, 0.2) is 17.3 Å². The molecule has 1 saturated carbocycles. The van der Waals surface area contributed by atoms with E-state index in [9.17, 15) is 4.79 Å². The highest BCUT2D eigenvalue weighted by Gasteiger charge is 2.27. The Balaban J connectivity index is 1.95. The fraction of sp³-hybridized carbons (Fsp3) is 0.318. The molecule has 4 heteroatoms. The van der Waals surface area contributed by atoms with E-state index in [1.54, 1.807) is 21.3 Å². The van der Waals surface area contributed by atoms with Crippen molar-refractivity contribution in [2.45, 2.75) is 25.2 Å². The van der Waals surface area contributed by atoms with Crippen LogP contribution >= 0.6 is 0 Å². The van der Waals surface area contributed by atoms with Crippen molar-refractivity contribution < 1.29 is 19.0 Å². The summed E-state index contributed by atoms with van der Waals surface area (Å²) in [4.78, 5) is 13.0. The summed E-state index contributed by atoms with van der Waals surface area (Å²) in [6.07, 6.45) is 4.64. The van der Waals surface area contributed by atoms with Crippen LogP contribution in [0.25, 0.3) is 6.08 Å². The number of carbonyl (C=O) groups is 1. The summed E-state index contributed by atoms with van der Waals surface area (Å²) in [5.41, 5.74) is 2.81. The first-order valence-corrected chi connectivity index (χ1v) is 8.77. The maximum Gasteiger partial charge on any atom is 0.203 e. The standard InChI is InChI=1S/C22H24O4/c1-24-19-13-15(14-20(25-2)22(19)26-3)12-17-10-7-11-18(21(17)23)16-8-5-4-6-9-16/h4-6,8-9,12-14,18H,7,10-11H2,1-3H3/b17-12+/t18-/m1/s1. The van der Waals surface area contributed by atoms with Gasteiger partial charge in [0.2, 0.25) is 5.75 Å². The van der Waals surface area contributed by atoms with Crippen LogP contribution in [0.3, 0.4) is 0 Å². The van der Waals surface area contributed by atoms with Gasteiger partial charge in [0.1, 0.15) is 0 Å². The zero-order chi connectivity index (χ0) is 18.5. The maximum absolute atomic E-state index is 13.0. The van der Waals surface area contributed by atoms with Crippen LogP contribution < -0.4 is 14.2 Å². The molecule has 1 fully saturated rings. The zero-order valence-electron chi connectivity index (χ0n) is 15.5. The first kappa shape index (κ1) is 18.1. The van der Waals surface area contributed by atoms with E-state index in [1.165, 1.54) is 0 Å². The van der Waals surface area contributed by atoms with Gasteiger partial charge < -0.3 is 14.2 Å². The van der Waals surface area contributed by atoms with E-state index >= 15 is 0 Å². The molecule has 0 N–H and O–H groups in total. The van der Waals surface area contributed by atoms with Gasteiger partial charge in [-0.05, 0) is 54.2 Å². The summed E-state index contributed by atoms with van der Waals surface area (Å²) in [5, 5.41) is 0. The minimum atomic E-state index is -0.0572. The first-order chi connectivity index (χ1) is 12.7. The number of rotatable bonds is 5. The van der Waals surface area contributed by atoms with Gasteiger partial charge in [-0.3, -0.25) is 4.79 Å². The summed E-state index contributed by atoms with van der Waals surface area (Å²) >= 11 is 0. The summed E-state index contributed by atoms with van der Waals surface area (Å²) < 4.78 is 16.2. The molecule has 2 aromatic rings. The van der Waals surface area contributed by atoms with Crippen molar-refractivity contribution >= 4 is 11.9 Å². The predicted molar refractivity (Wildman–Crippen MR) is 102 cm³/mol. The molecule has 1 aliphatic carbocycles. The summed E-state index contributed by atoms with van der Waals surface area (Å²) in [6, 6.07) is 13.8. The first-order valence-electron chi connectivity index (χ1n) is 8.77. The number of ether oxygens (including phenoxy) is 3. The average Bonchev–Trinajstić information content (AvgIpc) is 2.69. The van der Waals surface area contributed by atoms with Crippen molar-refractivity contribution in [1.29, 1.82) is 0 Å². The van der Waals surface area contributed by atoms with Crippen LogP contribution in [0.15, 0.2) is 48.0 Å². The molecule has 2 aromatic carbocycles. The highest BCUT2D eigenvalue weighted by Crippen LogP contribution is 2.40. The van der Waals surface area contributed by atoms with Crippen molar-refractivity contribution in [3.63, 3.8) is 0 Å². The number of allylic oxidation sites excluding steroid dienone is 1. The Labute approximate surface area is 154 Å². The molecule has 1 atom stereocenters. The molecule has 0 aromatic heterocycles. The Kier molecular flexibility index (Phi) is 5.61. The molecular formula is C22H24O4. The van der Waals surface area contributed by atoms with Crippen LogP contribution in [0, 0.1) is 0 Å². The Morgan fingerprint density at radius 1 is 0.962 bits per heavy atom. The molecule has 0 radical (unpaired) electrons. The number of ketones is 1. The molecule has 0 unspecified atom stereocenters. The molecule has 1 aliphatic rings. The summed E-state index contributed by atoms with van der Waals surface area (Å²) in [7, 11) is 4.75. The lowest BCUT2D eigenvalue weighted by atomic mass is 9.79. The smallest absolute Gasteiger partial charge is 0.203 e. The van der Waals surface area contributed by atoms with Crippen molar-refractivity contribution in [2.75, 3.05) is 21.3 Å². The monoisotopic (exact) mass is 352 g/mol. The van der Waals surface area contributed by atoms with E-state index in [2.05, 4.69) is 0 Å². The maximum atomic E-state index is 13.0. The molecule has 0 saturated heterocycles. The fourth-order valence-electron chi connectivity index (χ4n) is 3.51. The Hall–Kier alpha value is -2.75. The van der Waals surface area contributed by atoms with Crippen molar-refractivity contribution in [3.05, 3.63) is 59.2 Å². The lowest BCUT2D eigenvalue weighted by Crippen LogP contribution is -2.19. The molecule has 0 heterocycles.